The third-order valence-corrected chi connectivity index (χ3v) is 3.68. The van der Waals surface area contributed by atoms with Crippen molar-refractivity contribution in [3.05, 3.63) is 45.2 Å². The van der Waals surface area contributed by atoms with E-state index in [2.05, 4.69) is 42.9 Å². The van der Waals surface area contributed by atoms with E-state index in [-0.39, 0.29) is 0 Å². The van der Waals surface area contributed by atoms with Gasteiger partial charge in [-0.05, 0) is 41.1 Å². The molecule has 0 saturated carbocycles. The molecule has 0 aliphatic heterocycles. The van der Waals surface area contributed by atoms with Crippen LogP contribution in [0.4, 0.5) is 5.82 Å². The van der Waals surface area contributed by atoms with Crippen molar-refractivity contribution in [2.75, 3.05) is 12.4 Å². The van der Waals surface area contributed by atoms with Crippen LogP contribution in [0.2, 0.25) is 0 Å². The highest BCUT2D eigenvalue weighted by molar-refractivity contribution is 14.1. The number of hydrogen-bond donors (Lipinski definition) is 1. The van der Waals surface area contributed by atoms with Crippen molar-refractivity contribution in [2.45, 2.75) is 13.3 Å². The first-order valence-electron chi connectivity index (χ1n) is 5.30. The number of aromatic nitrogens is 3. The fourth-order valence-corrected chi connectivity index (χ4v) is 2.06. The topological polar surface area (TPSA) is 50.7 Å². The van der Waals surface area contributed by atoms with Crippen LogP contribution in [0.1, 0.15) is 17.1 Å². The lowest BCUT2D eigenvalue weighted by Crippen LogP contribution is -2.06. The molecule has 0 atom stereocenters. The summed E-state index contributed by atoms with van der Waals surface area (Å²) in [5.74, 6) is 1.71. The van der Waals surface area contributed by atoms with Crippen LogP contribution in [0.3, 0.4) is 0 Å². The number of anilines is 1. The Morgan fingerprint density at radius 1 is 1.35 bits per heavy atom. The predicted molar refractivity (Wildman–Crippen MR) is 76.1 cm³/mol. The summed E-state index contributed by atoms with van der Waals surface area (Å²) < 4.78 is 1.07. The molecule has 2 heterocycles. The van der Waals surface area contributed by atoms with Crippen molar-refractivity contribution < 1.29 is 0 Å². The van der Waals surface area contributed by atoms with Gasteiger partial charge in [0.2, 0.25) is 0 Å². The van der Waals surface area contributed by atoms with Gasteiger partial charge in [-0.25, -0.2) is 9.97 Å². The Balaban J connectivity index is 2.31. The Kier molecular flexibility index (Phi) is 3.88. The van der Waals surface area contributed by atoms with E-state index < -0.39 is 0 Å². The van der Waals surface area contributed by atoms with Gasteiger partial charge in [-0.1, -0.05) is 6.07 Å². The van der Waals surface area contributed by atoms with Crippen LogP contribution in [-0.4, -0.2) is 22.0 Å². The SMILES string of the molecule is CNc1nc(Cc2cccnc2)nc(C)c1I. The zero-order valence-electron chi connectivity index (χ0n) is 9.74. The molecule has 0 fully saturated rings. The molecular weight excluding hydrogens is 327 g/mol. The van der Waals surface area contributed by atoms with Crippen molar-refractivity contribution in [3.8, 4) is 0 Å². The maximum atomic E-state index is 4.49. The van der Waals surface area contributed by atoms with E-state index in [1.807, 2.05) is 32.3 Å². The summed E-state index contributed by atoms with van der Waals surface area (Å²) in [6.45, 7) is 2.00. The molecule has 0 aliphatic carbocycles. The van der Waals surface area contributed by atoms with Crippen LogP contribution in [0.15, 0.2) is 24.5 Å². The first kappa shape index (κ1) is 12.2. The van der Waals surface area contributed by atoms with Gasteiger partial charge in [0.15, 0.2) is 0 Å². The first-order valence-corrected chi connectivity index (χ1v) is 6.38. The third kappa shape index (κ3) is 2.91. The summed E-state index contributed by atoms with van der Waals surface area (Å²) in [5.41, 5.74) is 2.12. The second-order valence-corrected chi connectivity index (χ2v) is 4.75. The zero-order valence-corrected chi connectivity index (χ0v) is 11.9. The molecule has 2 aromatic heterocycles. The minimum absolute atomic E-state index is 0.709. The van der Waals surface area contributed by atoms with E-state index in [1.54, 1.807) is 6.20 Å². The zero-order chi connectivity index (χ0) is 12.3. The van der Waals surface area contributed by atoms with E-state index in [0.29, 0.717) is 6.42 Å². The molecule has 0 bridgehead atoms. The lowest BCUT2D eigenvalue weighted by Gasteiger charge is -2.08. The first-order chi connectivity index (χ1) is 8.20. The minimum Gasteiger partial charge on any atom is -0.372 e. The number of rotatable bonds is 3. The van der Waals surface area contributed by atoms with Gasteiger partial charge >= 0.3 is 0 Å². The maximum Gasteiger partial charge on any atom is 0.143 e. The Hall–Kier alpha value is -1.24. The smallest absolute Gasteiger partial charge is 0.143 e. The van der Waals surface area contributed by atoms with Crippen LogP contribution in [0.25, 0.3) is 0 Å². The molecule has 88 valence electrons. The number of hydrogen-bond acceptors (Lipinski definition) is 4. The quantitative estimate of drug-likeness (QED) is 0.872. The monoisotopic (exact) mass is 340 g/mol. The standard InChI is InChI=1S/C12H13IN4/c1-8-11(13)12(14-2)17-10(16-8)6-9-4-3-5-15-7-9/h3-5,7H,6H2,1-2H3,(H,14,16,17). The summed E-state index contributed by atoms with van der Waals surface area (Å²) in [5, 5.41) is 3.09. The van der Waals surface area contributed by atoms with Gasteiger partial charge in [-0.3, -0.25) is 4.98 Å². The molecule has 0 radical (unpaired) electrons. The minimum atomic E-state index is 0.709. The summed E-state index contributed by atoms with van der Waals surface area (Å²) in [4.78, 5) is 13.1. The van der Waals surface area contributed by atoms with E-state index in [1.165, 1.54) is 0 Å². The molecule has 5 heteroatoms. The van der Waals surface area contributed by atoms with Crippen LogP contribution in [0, 0.1) is 10.5 Å². The molecule has 2 rings (SSSR count). The number of pyridine rings is 1. The van der Waals surface area contributed by atoms with Gasteiger partial charge in [0.05, 0.1) is 9.26 Å². The van der Waals surface area contributed by atoms with Crippen molar-refractivity contribution in [1.82, 2.24) is 15.0 Å². The van der Waals surface area contributed by atoms with Gasteiger partial charge in [0.1, 0.15) is 11.6 Å². The molecule has 2 aromatic rings. The number of nitrogens with one attached hydrogen (secondary N) is 1. The molecule has 1 N–H and O–H groups in total. The van der Waals surface area contributed by atoms with E-state index in [9.17, 15) is 0 Å². The molecule has 0 aromatic carbocycles. The van der Waals surface area contributed by atoms with Crippen molar-refractivity contribution >= 4 is 28.4 Å². The highest BCUT2D eigenvalue weighted by Gasteiger charge is 2.08. The second kappa shape index (κ2) is 5.39. The van der Waals surface area contributed by atoms with Crippen LogP contribution >= 0.6 is 22.6 Å². The lowest BCUT2D eigenvalue weighted by atomic mass is 10.2. The number of halogens is 1. The highest BCUT2D eigenvalue weighted by Crippen LogP contribution is 2.18. The Labute approximate surface area is 114 Å². The number of aryl methyl sites for hydroxylation is 1. The number of nitrogens with zero attached hydrogens (tertiary/aromatic N) is 3. The average Bonchev–Trinajstić information content (AvgIpc) is 2.35. The Bertz CT molecular complexity index is 513. The highest BCUT2D eigenvalue weighted by atomic mass is 127. The fraction of sp³-hybridized carbons (Fsp3) is 0.250. The van der Waals surface area contributed by atoms with Gasteiger partial charge in [0.25, 0.3) is 0 Å². The second-order valence-electron chi connectivity index (χ2n) is 3.68. The van der Waals surface area contributed by atoms with E-state index in [0.717, 1.165) is 26.5 Å². The predicted octanol–water partition coefficient (Wildman–Crippen LogP) is 2.42. The van der Waals surface area contributed by atoms with Gasteiger partial charge in [-0.15, -0.1) is 0 Å². The summed E-state index contributed by atoms with van der Waals surface area (Å²) >= 11 is 2.25. The van der Waals surface area contributed by atoms with Crippen LogP contribution in [-0.2, 0) is 6.42 Å². The molecule has 0 spiro atoms. The molecule has 0 unspecified atom stereocenters. The van der Waals surface area contributed by atoms with Gasteiger partial charge in [-0.2, -0.15) is 0 Å². The van der Waals surface area contributed by atoms with Crippen molar-refractivity contribution in [2.24, 2.45) is 0 Å². The third-order valence-electron chi connectivity index (χ3n) is 2.39. The fourth-order valence-electron chi connectivity index (χ4n) is 1.55. The average molecular weight is 340 g/mol. The summed E-state index contributed by atoms with van der Waals surface area (Å²) in [7, 11) is 1.87. The maximum absolute atomic E-state index is 4.49. The summed E-state index contributed by atoms with van der Waals surface area (Å²) in [6, 6.07) is 3.95. The lowest BCUT2D eigenvalue weighted by molar-refractivity contribution is 0.931. The molecular formula is C12H13IN4. The summed E-state index contributed by atoms with van der Waals surface area (Å²) in [6.07, 6.45) is 4.32. The molecule has 0 amide bonds. The van der Waals surface area contributed by atoms with Crippen molar-refractivity contribution in [3.63, 3.8) is 0 Å². The van der Waals surface area contributed by atoms with Crippen LogP contribution in [0.5, 0.6) is 0 Å². The van der Waals surface area contributed by atoms with Gasteiger partial charge < -0.3 is 5.32 Å². The van der Waals surface area contributed by atoms with Gasteiger partial charge in [0, 0.05) is 25.9 Å². The Morgan fingerprint density at radius 3 is 2.82 bits per heavy atom. The largest absolute Gasteiger partial charge is 0.372 e. The van der Waals surface area contributed by atoms with E-state index >= 15 is 0 Å². The van der Waals surface area contributed by atoms with Crippen LogP contribution < -0.4 is 5.32 Å². The van der Waals surface area contributed by atoms with Crippen molar-refractivity contribution in [1.29, 1.82) is 0 Å². The molecule has 0 saturated heterocycles. The molecule has 17 heavy (non-hydrogen) atoms. The molecule has 4 nitrogen and oxygen atoms in total. The molecule has 0 aliphatic rings. The van der Waals surface area contributed by atoms with E-state index in [4.69, 9.17) is 0 Å². The Morgan fingerprint density at radius 2 is 2.18 bits per heavy atom. The normalized spacial score (nSPS) is 10.3.